The van der Waals surface area contributed by atoms with Gasteiger partial charge in [-0.15, -0.1) is 0 Å². The monoisotopic (exact) mass is 297 g/mol. The zero-order chi connectivity index (χ0) is 8.43. The van der Waals surface area contributed by atoms with Gasteiger partial charge < -0.3 is 0 Å². The Bertz CT molecular complexity index is 263. The predicted octanol–water partition coefficient (Wildman–Crippen LogP) is 3.95. The number of nitrogens with zero attached hydrogens (tertiary/aromatic N) is 1. The summed E-state index contributed by atoms with van der Waals surface area (Å²) in [4.78, 5) is 4.35. The summed E-state index contributed by atoms with van der Waals surface area (Å²) in [6.45, 7) is 2.03. The molecule has 0 saturated heterocycles. The molecule has 0 aliphatic heterocycles. The summed E-state index contributed by atoms with van der Waals surface area (Å²) in [5.74, 6) is 0. The van der Waals surface area contributed by atoms with Crippen LogP contribution in [0, 0.1) is 0 Å². The smallest absolute Gasteiger partial charge is 0.124 e. The van der Waals surface area contributed by atoms with Crippen LogP contribution in [0.25, 0.3) is 0 Å². The molecule has 0 aliphatic carbocycles. The Labute approximate surface area is 87.4 Å². The first-order valence-electron chi connectivity index (χ1n) is 3.06. The molecule has 60 valence electrons. The fraction of sp³-hybridized carbons (Fsp3) is 0.286. The fourth-order valence-electron chi connectivity index (χ4n) is 0.654. The third-order valence-electron chi connectivity index (χ3n) is 1.28. The van der Waals surface area contributed by atoms with Crippen LogP contribution in [-0.2, 0) is 0 Å². The molecule has 1 heterocycles. The van der Waals surface area contributed by atoms with Gasteiger partial charge in [0.1, 0.15) is 4.60 Å². The van der Waals surface area contributed by atoms with Crippen LogP contribution >= 0.6 is 43.5 Å². The molecule has 1 rings (SSSR count). The van der Waals surface area contributed by atoms with Gasteiger partial charge in [0, 0.05) is 11.0 Å². The van der Waals surface area contributed by atoms with Gasteiger partial charge in [-0.25, -0.2) is 4.98 Å². The molecule has 1 aromatic rings. The number of hydrogen-bond acceptors (Lipinski definition) is 1. The van der Waals surface area contributed by atoms with Gasteiger partial charge in [-0.2, -0.15) is 0 Å². The first-order valence-corrected chi connectivity index (χ1v) is 5.15. The van der Waals surface area contributed by atoms with E-state index in [9.17, 15) is 0 Å². The SMILES string of the molecule is CC(Br)c1cnc(Br)c(Cl)c1. The highest BCUT2D eigenvalue weighted by Gasteiger charge is 2.03. The summed E-state index contributed by atoms with van der Waals surface area (Å²) < 4.78 is 0.691. The molecular weight excluding hydrogens is 293 g/mol. The van der Waals surface area contributed by atoms with E-state index in [1.165, 1.54) is 0 Å². The van der Waals surface area contributed by atoms with E-state index >= 15 is 0 Å². The lowest BCUT2D eigenvalue weighted by Crippen LogP contribution is -1.86. The van der Waals surface area contributed by atoms with Crippen LogP contribution in [0.15, 0.2) is 16.9 Å². The molecule has 1 unspecified atom stereocenters. The fourth-order valence-corrected chi connectivity index (χ4v) is 1.30. The summed E-state index contributed by atoms with van der Waals surface area (Å²) in [5, 5.41) is 0.647. The summed E-state index contributed by atoms with van der Waals surface area (Å²) >= 11 is 12.5. The lowest BCUT2D eigenvalue weighted by molar-refractivity contribution is 1.08. The van der Waals surface area contributed by atoms with Crippen molar-refractivity contribution in [3.63, 3.8) is 0 Å². The number of hydrogen-bond donors (Lipinski definition) is 0. The van der Waals surface area contributed by atoms with Crippen molar-refractivity contribution in [3.05, 3.63) is 27.5 Å². The van der Waals surface area contributed by atoms with Crippen molar-refractivity contribution in [2.75, 3.05) is 0 Å². The second-order valence-electron chi connectivity index (χ2n) is 2.16. The molecule has 11 heavy (non-hydrogen) atoms. The van der Waals surface area contributed by atoms with Crippen LogP contribution in [0.2, 0.25) is 5.02 Å². The Balaban J connectivity index is 3.05. The molecule has 0 spiro atoms. The Kier molecular flexibility index (Phi) is 3.34. The zero-order valence-electron chi connectivity index (χ0n) is 5.81. The minimum absolute atomic E-state index is 0.292. The standard InChI is InChI=1S/C7H6Br2ClN/c1-4(8)5-2-6(10)7(9)11-3-5/h2-4H,1H3. The maximum absolute atomic E-state index is 5.83. The van der Waals surface area contributed by atoms with Gasteiger partial charge in [0.15, 0.2) is 0 Å². The minimum Gasteiger partial charge on any atom is -0.247 e. The number of aromatic nitrogens is 1. The molecule has 0 bridgehead atoms. The highest BCUT2D eigenvalue weighted by molar-refractivity contribution is 9.10. The highest BCUT2D eigenvalue weighted by atomic mass is 79.9. The third-order valence-corrected chi connectivity index (χ3v) is 2.95. The molecule has 0 N–H and O–H groups in total. The quantitative estimate of drug-likeness (QED) is 0.565. The maximum Gasteiger partial charge on any atom is 0.124 e. The van der Waals surface area contributed by atoms with E-state index in [1.807, 2.05) is 13.0 Å². The summed E-state index contributed by atoms with van der Waals surface area (Å²) in [6, 6.07) is 1.89. The molecular formula is C7H6Br2ClN. The van der Waals surface area contributed by atoms with Crippen LogP contribution in [0.1, 0.15) is 17.3 Å². The molecule has 0 fully saturated rings. The Hall–Kier alpha value is 0.400. The lowest BCUT2D eigenvalue weighted by atomic mass is 10.2. The average molecular weight is 299 g/mol. The van der Waals surface area contributed by atoms with Crippen LogP contribution in [0.3, 0.4) is 0 Å². The second kappa shape index (κ2) is 3.87. The van der Waals surface area contributed by atoms with Gasteiger partial charge >= 0.3 is 0 Å². The Morgan fingerprint density at radius 1 is 1.64 bits per heavy atom. The lowest BCUT2D eigenvalue weighted by Gasteiger charge is -2.03. The molecule has 0 radical (unpaired) electrons. The molecule has 1 atom stereocenters. The predicted molar refractivity (Wildman–Crippen MR) is 54.3 cm³/mol. The summed E-state index contributed by atoms with van der Waals surface area (Å²) in [7, 11) is 0. The molecule has 0 aromatic carbocycles. The van der Waals surface area contributed by atoms with Gasteiger partial charge in [-0.1, -0.05) is 27.5 Å². The van der Waals surface area contributed by atoms with Gasteiger partial charge in [0.2, 0.25) is 0 Å². The van der Waals surface area contributed by atoms with Crippen molar-refractivity contribution < 1.29 is 0 Å². The van der Waals surface area contributed by atoms with E-state index in [-0.39, 0.29) is 0 Å². The number of pyridine rings is 1. The van der Waals surface area contributed by atoms with E-state index in [1.54, 1.807) is 6.20 Å². The molecule has 1 nitrogen and oxygen atoms in total. The third kappa shape index (κ3) is 2.42. The molecule has 1 aromatic heterocycles. The van der Waals surface area contributed by atoms with Crippen LogP contribution in [0.4, 0.5) is 0 Å². The second-order valence-corrected chi connectivity index (χ2v) is 4.69. The van der Waals surface area contributed by atoms with E-state index in [4.69, 9.17) is 11.6 Å². The van der Waals surface area contributed by atoms with Crippen LogP contribution in [-0.4, -0.2) is 4.98 Å². The number of rotatable bonds is 1. The van der Waals surface area contributed by atoms with Crippen molar-refractivity contribution in [2.24, 2.45) is 0 Å². The Morgan fingerprint density at radius 3 is 2.73 bits per heavy atom. The van der Waals surface area contributed by atoms with Gasteiger partial charge in [-0.05, 0) is 34.5 Å². The van der Waals surface area contributed by atoms with Gasteiger partial charge in [0.05, 0.1) is 5.02 Å². The first-order chi connectivity index (χ1) is 5.11. The first kappa shape index (κ1) is 9.49. The average Bonchev–Trinajstić information content (AvgIpc) is 1.94. The largest absolute Gasteiger partial charge is 0.247 e. The highest BCUT2D eigenvalue weighted by Crippen LogP contribution is 2.26. The van der Waals surface area contributed by atoms with E-state index in [0.29, 0.717) is 14.5 Å². The van der Waals surface area contributed by atoms with Crippen LogP contribution in [0.5, 0.6) is 0 Å². The number of alkyl halides is 1. The molecule has 4 heteroatoms. The van der Waals surface area contributed by atoms with Crippen molar-refractivity contribution in [1.82, 2.24) is 4.98 Å². The number of halogens is 3. The van der Waals surface area contributed by atoms with Crippen molar-refractivity contribution in [1.29, 1.82) is 0 Å². The topological polar surface area (TPSA) is 12.9 Å². The maximum atomic E-state index is 5.83. The molecule has 0 saturated carbocycles. The van der Waals surface area contributed by atoms with Gasteiger partial charge in [0.25, 0.3) is 0 Å². The van der Waals surface area contributed by atoms with Gasteiger partial charge in [-0.3, -0.25) is 0 Å². The van der Waals surface area contributed by atoms with Crippen molar-refractivity contribution in [3.8, 4) is 0 Å². The van der Waals surface area contributed by atoms with Crippen LogP contribution < -0.4 is 0 Å². The molecule has 0 aliphatic rings. The Morgan fingerprint density at radius 2 is 2.27 bits per heavy atom. The van der Waals surface area contributed by atoms with E-state index in [0.717, 1.165) is 5.56 Å². The summed E-state index contributed by atoms with van der Waals surface area (Å²) in [6.07, 6.45) is 1.79. The molecule has 0 amide bonds. The van der Waals surface area contributed by atoms with Crippen molar-refractivity contribution in [2.45, 2.75) is 11.8 Å². The van der Waals surface area contributed by atoms with E-state index in [2.05, 4.69) is 36.8 Å². The summed E-state index contributed by atoms with van der Waals surface area (Å²) in [5.41, 5.74) is 1.08. The zero-order valence-corrected chi connectivity index (χ0v) is 9.74. The minimum atomic E-state index is 0.292. The van der Waals surface area contributed by atoms with Crippen molar-refractivity contribution >= 4 is 43.5 Å². The van der Waals surface area contributed by atoms with E-state index < -0.39 is 0 Å². The normalized spacial score (nSPS) is 13.1.